The minimum Gasteiger partial charge on any atom is -0.382 e. The van der Waals surface area contributed by atoms with Crippen LogP contribution in [0.15, 0.2) is 0 Å². The first kappa shape index (κ1) is 13.3. The molecule has 2 unspecified atom stereocenters. The third kappa shape index (κ3) is 3.95. The number of rotatable bonds is 5. The normalized spacial score (nSPS) is 35.2. The SMILES string of the molecule is B[C@H]1C[C@@H](NP(B)(=O)CC)C(COC)O1. The summed E-state index contributed by atoms with van der Waals surface area (Å²) in [6.45, 7) is 2.50. The van der Waals surface area contributed by atoms with Gasteiger partial charge in [0, 0.05) is 25.3 Å². The van der Waals surface area contributed by atoms with Crippen molar-refractivity contribution >= 4 is 22.6 Å². The van der Waals surface area contributed by atoms with Crippen molar-refractivity contribution in [3.05, 3.63) is 0 Å². The molecule has 1 saturated heterocycles. The van der Waals surface area contributed by atoms with Crippen molar-refractivity contribution < 1.29 is 14.0 Å². The summed E-state index contributed by atoms with van der Waals surface area (Å²) in [6.07, 6.45) is 1.62. The first-order valence-corrected chi connectivity index (χ1v) is 7.81. The lowest BCUT2D eigenvalue weighted by molar-refractivity contribution is 0.0184. The summed E-state index contributed by atoms with van der Waals surface area (Å²) >= 11 is 0. The van der Waals surface area contributed by atoms with Gasteiger partial charge in [0.2, 0.25) is 7.57 Å². The highest BCUT2D eigenvalue weighted by Gasteiger charge is 2.35. The lowest BCUT2D eigenvalue weighted by Crippen LogP contribution is -2.37. The molecule has 0 radical (unpaired) electrons. The van der Waals surface area contributed by atoms with E-state index in [1.807, 2.05) is 14.8 Å². The van der Waals surface area contributed by atoms with Gasteiger partial charge in [0.1, 0.15) is 15.0 Å². The van der Waals surface area contributed by atoms with Crippen LogP contribution in [0, 0.1) is 0 Å². The molecule has 0 amide bonds. The zero-order chi connectivity index (χ0) is 11.5. The monoisotopic (exact) mass is 231 g/mol. The van der Waals surface area contributed by atoms with Crippen LogP contribution in [0.2, 0.25) is 0 Å². The van der Waals surface area contributed by atoms with E-state index in [-0.39, 0.29) is 18.1 Å². The summed E-state index contributed by atoms with van der Waals surface area (Å²) in [7, 11) is 3.30. The molecular formula is C8H20B2NO3P. The number of hydrogen-bond acceptors (Lipinski definition) is 3. The topological polar surface area (TPSA) is 47.6 Å². The van der Waals surface area contributed by atoms with E-state index in [0.717, 1.165) is 6.42 Å². The zero-order valence-corrected chi connectivity index (χ0v) is 10.9. The molecule has 1 aliphatic heterocycles. The minimum atomic E-state index is -2.20. The Kier molecular flexibility index (Phi) is 4.91. The minimum absolute atomic E-state index is 0.0322. The highest BCUT2D eigenvalue weighted by Crippen LogP contribution is 2.37. The molecule has 4 atom stereocenters. The van der Waals surface area contributed by atoms with Gasteiger partial charge in [0.15, 0.2) is 0 Å². The van der Waals surface area contributed by atoms with Gasteiger partial charge >= 0.3 is 0 Å². The van der Waals surface area contributed by atoms with E-state index < -0.39 is 7.17 Å². The van der Waals surface area contributed by atoms with E-state index in [0.29, 0.717) is 12.8 Å². The first-order valence-electron chi connectivity index (χ1n) is 5.47. The second kappa shape index (κ2) is 5.53. The molecule has 0 spiro atoms. The average Bonchev–Trinajstić information content (AvgIpc) is 2.47. The molecular weight excluding hydrogens is 211 g/mol. The van der Waals surface area contributed by atoms with E-state index in [1.165, 1.54) is 0 Å². The van der Waals surface area contributed by atoms with Crippen molar-refractivity contribution in [2.75, 3.05) is 19.9 Å². The van der Waals surface area contributed by atoms with Gasteiger partial charge in [0.05, 0.1) is 12.7 Å². The summed E-state index contributed by atoms with van der Waals surface area (Å²) in [5.41, 5.74) is 0. The van der Waals surface area contributed by atoms with Gasteiger partial charge in [-0.2, -0.15) is 0 Å². The maximum absolute atomic E-state index is 12.0. The molecule has 7 heteroatoms. The van der Waals surface area contributed by atoms with Crippen LogP contribution >= 0.6 is 7.17 Å². The van der Waals surface area contributed by atoms with Crippen LogP contribution in [0.4, 0.5) is 0 Å². The molecule has 0 bridgehead atoms. The van der Waals surface area contributed by atoms with Crippen molar-refractivity contribution in [3.63, 3.8) is 0 Å². The Morgan fingerprint density at radius 1 is 1.67 bits per heavy atom. The predicted molar refractivity (Wildman–Crippen MR) is 67.3 cm³/mol. The molecule has 1 fully saturated rings. The summed E-state index contributed by atoms with van der Waals surface area (Å²) in [4.78, 5) is 0. The van der Waals surface area contributed by atoms with E-state index in [2.05, 4.69) is 5.09 Å². The molecule has 0 aromatic heterocycles. The van der Waals surface area contributed by atoms with Crippen LogP contribution in [0.1, 0.15) is 13.3 Å². The molecule has 4 nitrogen and oxygen atoms in total. The number of methoxy groups -OCH3 is 1. The molecule has 15 heavy (non-hydrogen) atoms. The third-order valence-corrected chi connectivity index (χ3v) is 4.90. The van der Waals surface area contributed by atoms with Gasteiger partial charge in [-0.3, -0.25) is 5.09 Å². The Balaban J connectivity index is 2.55. The van der Waals surface area contributed by atoms with E-state index >= 15 is 0 Å². The Labute approximate surface area is 93.7 Å². The van der Waals surface area contributed by atoms with E-state index in [4.69, 9.17) is 9.47 Å². The van der Waals surface area contributed by atoms with Gasteiger partial charge in [-0.25, -0.2) is 0 Å². The molecule has 0 aromatic carbocycles. The molecule has 0 aliphatic carbocycles. The maximum Gasteiger partial charge on any atom is 0.201 e. The predicted octanol–water partition coefficient (Wildman–Crippen LogP) is -0.815. The standard InChI is InChI=1S/C8H20B2NO3P/c1-3-15(10,12)11-6-4-8(9)14-7(6)5-13-2/h6-8H,3-5,9-10H2,1-2H3,(H,11,12)/t6-,7?,8-,15?/m1/s1. The van der Waals surface area contributed by atoms with Crippen molar-refractivity contribution in [2.24, 2.45) is 0 Å². The van der Waals surface area contributed by atoms with Gasteiger partial charge in [-0.1, -0.05) is 6.92 Å². The van der Waals surface area contributed by atoms with E-state index in [1.54, 1.807) is 14.7 Å². The van der Waals surface area contributed by atoms with Crippen molar-refractivity contribution in [1.82, 2.24) is 5.09 Å². The van der Waals surface area contributed by atoms with E-state index in [9.17, 15) is 4.57 Å². The lowest BCUT2D eigenvalue weighted by Gasteiger charge is -2.23. The largest absolute Gasteiger partial charge is 0.382 e. The van der Waals surface area contributed by atoms with Crippen molar-refractivity contribution in [2.45, 2.75) is 31.5 Å². The van der Waals surface area contributed by atoms with Gasteiger partial charge in [-0.05, 0) is 6.42 Å². The number of ether oxygens (including phenoxy) is 2. The van der Waals surface area contributed by atoms with Gasteiger partial charge in [0.25, 0.3) is 0 Å². The van der Waals surface area contributed by atoms with Crippen LogP contribution in [-0.2, 0) is 14.0 Å². The summed E-state index contributed by atoms with van der Waals surface area (Å²) in [5, 5.41) is 3.22. The second-order valence-electron chi connectivity index (χ2n) is 4.33. The van der Waals surface area contributed by atoms with Crippen LogP contribution in [-0.4, -0.2) is 53.4 Å². The molecule has 1 aliphatic rings. The molecule has 1 N–H and O–H groups in total. The fourth-order valence-electron chi connectivity index (χ4n) is 1.86. The third-order valence-electron chi connectivity index (χ3n) is 2.82. The van der Waals surface area contributed by atoms with Gasteiger partial charge < -0.3 is 14.0 Å². The summed E-state index contributed by atoms with van der Waals surface area (Å²) in [5.74, 6) is 0. The first-order chi connectivity index (χ1) is 6.98. The Hall–Kier alpha value is 0.240. The average molecular weight is 231 g/mol. The lowest BCUT2D eigenvalue weighted by atomic mass is 9.95. The van der Waals surface area contributed by atoms with Crippen LogP contribution < -0.4 is 5.09 Å². The zero-order valence-electron chi connectivity index (χ0n) is 10.0. The smallest absolute Gasteiger partial charge is 0.201 e. The Morgan fingerprint density at radius 3 is 2.87 bits per heavy atom. The van der Waals surface area contributed by atoms with Crippen LogP contribution in [0.3, 0.4) is 0 Å². The van der Waals surface area contributed by atoms with Crippen LogP contribution in [0.5, 0.6) is 0 Å². The van der Waals surface area contributed by atoms with Crippen molar-refractivity contribution in [3.8, 4) is 0 Å². The second-order valence-corrected chi connectivity index (χ2v) is 7.42. The fraction of sp³-hybridized carbons (Fsp3) is 1.00. The quantitative estimate of drug-likeness (QED) is 0.496. The van der Waals surface area contributed by atoms with Crippen molar-refractivity contribution in [1.29, 1.82) is 0 Å². The van der Waals surface area contributed by atoms with Crippen LogP contribution in [0.25, 0.3) is 0 Å². The number of nitrogens with one attached hydrogen (secondary N) is 1. The number of hydrogen-bond donors (Lipinski definition) is 1. The molecule has 86 valence electrons. The highest BCUT2D eigenvalue weighted by molar-refractivity contribution is 7.85. The maximum atomic E-state index is 12.0. The Morgan fingerprint density at radius 2 is 2.33 bits per heavy atom. The molecule has 0 saturated carbocycles. The molecule has 0 aromatic rings. The fourth-order valence-corrected chi connectivity index (χ4v) is 3.01. The Bertz CT molecular complexity index is 254. The molecule has 1 heterocycles. The summed E-state index contributed by atoms with van der Waals surface area (Å²) in [6, 6.07) is 0.384. The summed E-state index contributed by atoms with van der Waals surface area (Å²) < 4.78 is 22.8. The highest BCUT2D eigenvalue weighted by atomic mass is 31.2. The van der Waals surface area contributed by atoms with Gasteiger partial charge in [-0.15, -0.1) is 0 Å². The molecule has 1 rings (SSSR count).